The summed E-state index contributed by atoms with van der Waals surface area (Å²) in [6.07, 6.45) is 2.75. The van der Waals surface area contributed by atoms with Crippen LogP contribution in [0.3, 0.4) is 0 Å². The van der Waals surface area contributed by atoms with Crippen LogP contribution in [0.25, 0.3) is 0 Å². The van der Waals surface area contributed by atoms with E-state index in [1.54, 1.807) is 18.5 Å². The lowest BCUT2D eigenvalue weighted by Crippen LogP contribution is -2.12. The van der Waals surface area contributed by atoms with Gasteiger partial charge in [-0.1, -0.05) is 11.3 Å². The molecule has 0 bridgehead atoms. The summed E-state index contributed by atoms with van der Waals surface area (Å²) >= 11 is 1.10. The van der Waals surface area contributed by atoms with E-state index >= 15 is 0 Å². The topological polar surface area (TPSA) is 59.3 Å². The van der Waals surface area contributed by atoms with E-state index in [-0.39, 0.29) is 4.87 Å². The molecule has 1 N–H and O–H groups in total. The second-order valence-electron chi connectivity index (χ2n) is 2.63. The molecule has 0 unspecified atom stereocenters. The fraction of sp³-hybridized carbons (Fsp3) is 0.250. The zero-order valence-electron chi connectivity index (χ0n) is 7.06. The molecule has 0 spiro atoms. The van der Waals surface area contributed by atoms with Crippen LogP contribution >= 0.6 is 11.3 Å². The van der Waals surface area contributed by atoms with E-state index in [1.165, 1.54) is 4.57 Å². The van der Waals surface area contributed by atoms with E-state index in [9.17, 15) is 9.59 Å². The number of rotatable bonds is 3. The predicted octanol–water partition coefficient (Wildman–Crippen LogP) is 0.941. The van der Waals surface area contributed by atoms with Gasteiger partial charge in [-0.15, -0.1) is 0 Å². The number of carboxylic acid groups (broad SMARTS) is 1. The molecule has 0 fully saturated rings. The molecule has 0 radical (unpaired) electrons. The number of carboxylic acids is 1. The molecular formula is C8H9NO3S. The monoisotopic (exact) mass is 199 g/mol. The number of carbonyl (C=O) groups is 1. The van der Waals surface area contributed by atoms with E-state index in [2.05, 4.69) is 0 Å². The Hall–Kier alpha value is -1.36. The molecule has 1 aromatic rings. The van der Waals surface area contributed by atoms with Crippen molar-refractivity contribution in [3.63, 3.8) is 0 Å². The summed E-state index contributed by atoms with van der Waals surface area (Å²) in [6, 6.07) is 0. The van der Waals surface area contributed by atoms with E-state index < -0.39 is 5.97 Å². The molecule has 0 saturated carbocycles. The second-order valence-corrected chi connectivity index (χ2v) is 3.48. The molecule has 0 atom stereocenters. The first-order valence-corrected chi connectivity index (χ1v) is 4.51. The number of allylic oxidation sites excluding steroid dienone is 1. The van der Waals surface area contributed by atoms with Crippen molar-refractivity contribution in [3.05, 3.63) is 32.9 Å². The summed E-state index contributed by atoms with van der Waals surface area (Å²) in [5.41, 5.74) is 0.646. The third kappa shape index (κ3) is 2.87. The van der Waals surface area contributed by atoms with Gasteiger partial charge in [0.1, 0.15) is 0 Å². The van der Waals surface area contributed by atoms with Gasteiger partial charge in [0.2, 0.25) is 0 Å². The third-order valence-corrected chi connectivity index (χ3v) is 2.13. The minimum Gasteiger partial charge on any atom is -0.478 e. The molecule has 70 valence electrons. The summed E-state index contributed by atoms with van der Waals surface area (Å²) in [6.45, 7) is 2.02. The van der Waals surface area contributed by atoms with Crippen LogP contribution in [-0.4, -0.2) is 15.6 Å². The summed E-state index contributed by atoms with van der Waals surface area (Å²) in [4.78, 5) is 21.2. The van der Waals surface area contributed by atoms with Crippen molar-refractivity contribution in [3.8, 4) is 0 Å². The number of hydrogen-bond acceptors (Lipinski definition) is 3. The summed E-state index contributed by atoms with van der Waals surface area (Å²) in [7, 11) is 0. The molecule has 13 heavy (non-hydrogen) atoms. The van der Waals surface area contributed by atoms with Gasteiger partial charge in [0.05, 0.1) is 0 Å². The molecule has 1 heterocycles. The molecule has 4 nitrogen and oxygen atoms in total. The van der Waals surface area contributed by atoms with Crippen LogP contribution in [0.5, 0.6) is 0 Å². The lowest BCUT2D eigenvalue weighted by atomic mass is 10.3. The molecule has 0 saturated heterocycles. The highest BCUT2D eigenvalue weighted by Gasteiger charge is 1.98. The zero-order chi connectivity index (χ0) is 9.84. The maximum Gasteiger partial charge on any atom is 0.328 e. The van der Waals surface area contributed by atoms with Crippen LogP contribution < -0.4 is 4.87 Å². The Morgan fingerprint density at radius 1 is 1.77 bits per heavy atom. The Kier molecular flexibility index (Phi) is 3.02. The van der Waals surface area contributed by atoms with Gasteiger partial charge in [-0.25, -0.2) is 4.79 Å². The second kappa shape index (κ2) is 4.04. The fourth-order valence-electron chi connectivity index (χ4n) is 0.933. The zero-order valence-corrected chi connectivity index (χ0v) is 7.87. The van der Waals surface area contributed by atoms with Crippen LogP contribution in [0.4, 0.5) is 0 Å². The molecule has 0 aromatic carbocycles. The predicted molar refractivity (Wildman–Crippen MR) is 50.0 cm³/mol. The lowest BCUT2D eigenvalue weighted by Gasteiger charge is -1.99. The van der Waals surface area contributed by atoms with Gasteiger partial charge in [0.15, 0.2) is 0 Å². The molecule has 0 aliphatic rings. The number of aliphatic carboxylic acids is 1. The smallest absolute Gasteiger partial charge is 0.328 e. The van der Waals surface area contributed by atoms with Crippen molar-refractivity contribution in [1.82, 2.24) is 4.57 Å². The van der Waals surface area contributed by atoms with E-state index in [0.717, 1.165) is 17.4 Å². The molecule has 0 amide bonds. The van der Waals surface area contributed by atoms with Gasteiger partial charge in [-0.05, 0) is 12.5 Å². The summed E-state index contributed by atoms with van der Waals surface area (Å²) in [5.74, 6) is -0.985. The molecule has 1 aromatic heterocycles. The number of nitrogens with zero attached hydrogens (tertiary/aromatic N) is 1. The van der Waals surface area contributed by atoms with Gasteiger partial charge in [0.25, 0.3) is 0 Å². The summed E-state index contributed by atoms with van der Waals surface area (Å²) in [5, 5.41) is 10.1. The quantitative estimate of drug-likeness (QED) is 0.737. The molecular weight excluding hydrogens is 190 g/mol. The largest absolute Gasteiger partial charge is 0.478 e. The molecule has 5 heteroatoms. The molecule has 1 rings (SSSR count). The summed E-state index contributed by atoms with van der Waals surface area (Å²) < 4.78 is 1.47. The Morgan fingerprint density at radius 3 is 2.92 bits per heavy atom. The van der Waals surface area contributed by atoms with Crippen molar-refractivity contribution >= 4 is 17.3 Å². The Bertz CT molecular complexity index is 388. The number of aromatic nitrogens is 1. The Balaban J connectivity index is 2.76. The van der Waals surface area contributed by atoms with Gasteiger partial charge in [-0.2, -0.15) is 0 Å². The highest BCUT2D eigenvalue weighted by atomic mass is 32.1. The van der Waals surface area contributed by atoms with Crippen LogP contribution in [-0.2, 0) is 11.3 Å². The highest BCUT2D eigenvalue weighted by Crippen LogP contribution is 1.98. The van der Waals surface area contributed by atoms with E-state index in [1.807, 2.05) is 0 Å². The fourth-order valence-corrected chi connectivity index (χ4v) is 1.52. The van der Waals surface area contributed by atoms with Crippen LogP contribution in [0, 0.1) is 0 Å². The third-order valence-electron chi connectivity index (χ3n) is 1.43. The SMILES string of the molecule is CC(=CC(=O)O)Cn1ccsc1=O. The van der Waals surface area contributed by atoms with Crippen LogP contribution in [0.15, 0.2) is 28.0 Å². The first-order chi connectivity index (χ1) is 6.09. The molecule has 0 aliphatic heterocycles. The normalized spacial score (nSPS) is 11.6. The van der Waals surface area contributed by atoms with Crippen molar-refractivity contribution in [2.75, 3.05) is 0 Å². The minimum atomic E-state index is -0.985. The van der Waals surface area contributed by atoms with E-state index in [4.69, 9.17) is 5.11 Å². The van der Waals surface area contributed by atoms with Crippen molar-refractivity contribution < 1.29 is 9.90 Å². The molecule has 0 aliphatic carbocycles. The maximum atomic E-state index is 11.0. The van der Waals surface area contributed by atoms with E-state index in [0.29, 0.717) is 12.1 Å². The van der Waals surface area contributed by atoms with Gasteiger partial charge in [0, 0.05) is 24.2 Å². The lowest BCUT2D eigenvalue weighted by molar-refractivity contribution is -0.131. The van der Waals surface area contributed by atoms with Crippen molar-refractivity contribution in [1.29, 1.82) is 0 Å². The average Bonchev–Trinajstić information content (AvgIpc) is 2.34. The van der Waals surface area contributed by atoms with Gasteiger partial charge >= 0.3 is 10.8 Å². The van der Waals surface area contributed by atoms with Gasteiger partial charge in [-0.3, -0.25) is 4.79 Å². The number of hydrogen-bond donors (Lipinski definition) is 1. The minimum absolute atomic E-state index is 0.0712. The highest BCUT2D eigenvalue weighted by molar-refractivity contribution is 7.07. The van der Waals surface area contributed by atoms with Crippen LogP contribution in [0.1, 0.15) is 6.92 Å². The van der Waals surface area contributed by atoms with Gasteiger partial charge < -0.3 is 9.67 Å². The van der Waals surface area contributed by atoms with Crippen LogP contribution in [0.2, 0.25) is 0 Å². The Labute approximate surface area is 78.8 Å². The maximum absolute atomic E-state index is 11.0. The first-order valence-electron chi connectivity index (χ1n) is 3.63. The standard InChI is InChI=1S/C8H9NO3S/c1-6(4-7(10)11)5-9-2-3-13-8(9)12/h2-4H,5H2,1H3,(H,10,11). The van der Waals surface area contributed by atoms with Crippen molar-refractivity contribution in [2.24, 2.45) is 0 Å². The average molecular weight is 199 g/mol. The number of thiazole rings is 1. The Morgan fingerprint density at radius 2 is 2.46 bits per heavy atom. The first kappa shape index (κ1) is 9.73. The van der Waals surface area contributed by atoms with Crippen molar-refractivity contribution in [2.45, 2.75) is 13.5 Å².